The smallest absolute Gasteiger partial charge is 0.261 e. The molecular weight excluding hydrogens is 488 g/mol. The summed E-state index contributed by atoms with van der Waals surface area (Å²) >= 11 is 0. The molecule has 0 aliphatic rings. The van der Waals surface area contributed by atoms with Gasteiger partial charge in [-0.25, -0.2) is 8.78 Å². The topological polar surface area (TPSA) is 112 Å². The van der Waals surface area contributed by atoms with E-state index in [1.54, 1.807) is 19.1 Å². The van der Waals surface area contributed by atoms with Gasteiger partial charge in [0.25, 0.3) is 5.91 Å². The zero-order valence-electron chi connectivity index (χ0n) is 20.1. The van der Waals surface area contributed by atoms with Gasteiger partial charge < -0.3 is 29.4 Å². The number of nitrogens with one attached hydrogen (secondary N) is 1. The van der Waals surface area contributed by atoms with E-state index in [9.17, 15) is 18.7 Å². The second-order valence-corrected chi connectivity index (χ2v) is 7.89. The second kappa shape index (κ2) is 11.0. The van der Waals surface area contributed by atoms with Crippen molar-refractivity contribution in [3.63, 3.8) is 0 Å². The van der Waals surface area contributed by atoms with Gasteiger partial charge in [-0.2, -0.15) is 0 Å². The Morgan fingerprint density at radius 1 is 1.00 bits per heavy atom. The largest absolute Gasteiger partial charge is 0.496 e. The molecular formula is C26H23F2N3O6. The molecule has 0 saturated heterocycles. The van der Waals surface area contributed by atoms with Crippen molar-refractivity contribution in [1.29, 1.82) is 0 Å². The number of aromatic nitrogens is 2. The van der Waals surface area contributed by atoms with Crippen molar-refractivity contribution < 1.29 is 37.6 Å². The fraction of sp³-hybridized carbons (Fsp3) is 0.192. The first-order valence-electron chi connectivity index (χ1n) is 11.0. The number of carbonyl (C=O) groups is 1. The van der Waals surface area contributed by atoms with Crippen LogP contribution in [0.5, 0.6) is 28.7 Å². The van der Waals surface area contributed by atoms with Crippen LogP contribution in [-0.4, -0.2) is 47.9 Å². The lowest BCUT2D eigenvalue weighted by Gasteiger charge is -2.15. The second-order valence-electron chi connectivity index (χ2n) is 7.89. The Balaban J connectivity index is 1.63. The monoisotopic (exact) mass is 511 g/mol. The van der Waals surface area contributed by atoms with Crippen LogP contribution in [0.25, 0.3) is 10.9 Å². The number of nitrogens with zero attached hydrogens (tertiary/aromatic N) is 2. The maximum absolute atomic E-state index is 15.0. The Labute approximate surface area is 210 Å². The standard InChI is InChI=1S/C26H23F2N3O6/c1-14(32)13-36-24-10-16-20(11-23(24)35-3)30-7-5-22(16)37-25-18(27)8-15(9-19(25)28)31-26(33)17-12-29-6-4-21(17)34-2/h4-12,14,32H,13H2,1-3H3,(H,31,33)/t14-/m1/s1. The number of hydrogen-bond acceptors (Lipinski definition) is 8. The highest BCUT2D eigenvalue weighted by Gasteiger charge is 2.19. The SMILES string of the molecule is COc1cc2nccc(Oc3c(F)cc(NC(=O)c4cnccc4OC)cc3F)c2cc1OC[C@@H](C)O. The molecule has 0 aliphatic carbocycles. The number of anilines is 1. The minimum Gasteiger partial charge on any atom is -0.496 e. The quantitative estimate of drug-likeness (QED) is 0.332. The Bertz CT molecular complexity index is 1420. The minimum atomic E-state index is -1.04. The van der Waals surface area contributed by atoms with Crippen molar-refractivity contribution in [2.75, 3.05) is 26.1 Å². The van der Waals surface area contributed by atoms with Gasteiger partial charge in [0.15, 0.2) is 28.9 Å². The lowest BCUT2D eigenvalue weighted by atomic mass is 10.1. The summed E-state index contributed by atoms with van der Waals surface area (Å²) in [6.07, 6.45) is 3.41. The summed E-state index contributed by atoms with van der Waals surface area (Å²) in [5, 5.41) is 12.4. The highest BCUT2D eigenvalue weighted by Crippen LogP contribution is 2.38. The number of hydrogen-bond donors (Lipinski definition) is 2. The number of carbonyl (C=O) groups excluding carboxylic acids is 1. The molecule has 4 aromatic rings. The maximum atomic E-state index is 15.0. The van der Waals surface area contributed by atoms with Crippen molar-refractivity contribution in [3.8, 4) is 28.7 Å². The van der Waals surface area contributed by atoms with E-state index in [4.69, 9.17) is 18.9 Å². The molecule has 0 spiro atoms. The third kappa shape index (κ3) is 5.67. The molecule has 4 rings (SSSR count). The lowest BCUT2D eigenvalue weighted by Crippen LogP contribution is -2.14. The summed E-state index contributed by atoms with van der Waals surface area (Å²) in [4.78, 5) is 20.7. The first-order valence-corrected chi connectivity index (χ1v) is 11.0. The number of rotatable bonds is 9. The third-order valence-electron chi connectivity index (χ3n) is 5.18. The van der Waals surface area contributed by atoms with Crippen molar-refractivity contribution in [2.45, 2.75) is 13.0 Å². The van der Waals surface area contributed by atoms with Crippen LogP contribution in [0.3, 0.4) is 0 Å². The highest BCUT2D eigenvalue weighted by molar-refractivity contribution is 6.06. The number of aliphatic hydroxyl groups excluding tert-OH is 1. The predicted molar refractivity (Wildman–Crippen MR) is 131 cm³/mol. The summed E-state index contributed by atoms with van der Waals surface area (Å²) in [5.74, 6) is -2.41. The van der Waals surface area contributed by atoms with E-state index in [-0.39, 0.29) is 29.4 Å². The number of benzene rings is 2. The summed E-state index contributed by atoms with van der Waals surface area (Å²) in [6.45, 7) is 1.56. The molecule has 0 saturated carbocycles. The number of amides is 1. The average Bonchev–Trinajstić information content (AvgIpc) is 2.88. The molecule has 0 aliphatic heterocycles. The van der Waals surface area contributed by atoms with Crippen LogP contribution in [0.1, 0.15) is 17.3 Å². The van der Waals surface area contributed by atoms with E-state index < -0.39 is 29.4 Å². The minimum absolute atomic E-state index is 0.000321. The first kappa shape index (κ1) is 25.6. The van der Waals surface area contributed by atoms with Crippen molar-refractivity contribution in [3.05, 3.63) is 72.2 Å². The van der Waals surface area contributed by atoms with Crippen LogP contribution in [0, 0.1) is 11.6 Å². The zero-order valence-corrected chi connectivity index (χ0v) is 20.1. The van der Waals surface area contributed by atoms with Crippen LogP contribution in [0.15, 0.2) is 55.0 Å². The fourth-order valence-corrected chi connectivity index (χ4v) is 3.47. The molecule has 2 aromatic carbocycles. The lowest BCUT2D eigenvalue weighted by molar-refractivity contribution is 0.102. The van der Waals surface area contributed by atoms with Crippen LogP contribution in [-0.2, 0) is 0 Å². The van der Waals surface area contributed by atoms with Gasteiger partial charge in [0, 0.05) is 47.9 Å². The zero-order chi connectivity index (χ0) is 26.5. The molecule has 2 heterocycles. The normalized spacial score (nSPS) is 11.6. The molecule has 9 nitrogen and oxygen atoms in total. The molecule has 37 heavy (non-hydrogen) atoms. The molecule has 2 aromatic heterocycles. The molecule has 11 heteroatoms. The molecule has 192 valence electrons. The molecule has 0 fully saturated rings. The average molecular weight is 511 g/mol. The third-order valence-corrected chi connectivity index (χ3v) is 5.18. The Kier molecular flexibility index (Phi) is 7.63. The Morgan fingerprint density at radius 2 is 1.70 bits per heavy atom. The molecule has 0 radical (unpaired) electrons. The van der Waals surface area contributed by atoms with E-state index in [1.807, 2.05) is 0 Å². The van der Waals surface area contributed by atoms with Gasteiger partial charge in [-0.15, -0.1) is 0 Å². The number of aliphatic hydroxyl groups is 1. The number of fused-ring (bicyclic) bond motifs is 1. The van der Waals surface area contributed by atoms with Gasteiger partial charge in [-0.05, 0) is 25.1 Å². The van der Waals surface area contributed by atoms with Gasteiger partial charge in [0.1, 0.15) is 18.1 Å². The van der Waals surface area contributed by atoms with Gasteiger partial charge in [-0.1, -0.05) is 0 Å². The van der Waals surface area contributed by atoms with Crippen molar-refractivity contribution in [2.24, 2.45) is 0 Å². The van der Waals surface area contributed by atoms with E-state index in [2.05, 4.69) is 15.3 Å². The van der Waals surface area contributed by atoms with E-state index in [0.717, 1.165) is 12.1 Å². The van der Waals surface area contributed by atoms with Crippen molar-refractivity contribution in [1.82, 2.24) is 9.97 Å². The van der Waals surface area contributed by atoms with E-state index >= 15 is 0 Å². The molecule has 0 unspecified atom stereocenters. The van der Waals surface area contributed by atoms with Gasteiger partial charge in [0.05, 0.1) is 31.4 Å². The number of ether oxygens (including phenoxy) is 4. The summed E-state index contributed by atoms with van der Waals surface area (Å²) in [6, 6.07) is 7.92. The van der Waals surface area contributed by atoms with Crippen LogP contribution >= 0.6 is 0 Å². The summed E-state index contributed by atoms with van der Waals surface area (Å²) in [5.41, 5.74) is 0.392. The van der Waals surface area contributed by atoms with Crippen molar-refractivity contribution >= 4 is 22.5 Å². The first-order chi connectivity index (χ1) is 17.8. The number of methoxy groups -OCH3 is 2. The molecule has 1 amide bonds. The molecule has 1 atom stereocenters. The summed E-state index contributed by atoms with van der Waals surface area (Å²) < 4.78 is 51.6. The van der Waals surface area contributed by atoms with Gasteiger partial charge in [0.2, 0.25) is 0 Å². The van der Waals surface area contributed by atoms with Gasteiger partial charge >= 0.3 is 0 Å². The highest BCUT2D eigenvalue weighted by atomic mass is 19.1. The summed E-state index contributed by atoms with van der Waals surface area (Å²) in [7, 11) is 2.84. The van der Waals surface area contributed by atoms with Crippen LogP contribution in [0.4, 0.5) is 14.5 Å². The molecule has 0 bridgehead atoms. The van der Waals surface area contributed by atoms with Gasteiger partial charge in [-0.3, -0.25) is 14.8 Å². The maximum Gasteiger partial charge on any atom is 0.261 e. The van der Waals surface area contributed by atoms with Crippen LogP contribution in [0.2, 0.25) is 0 Å². The van der Waals surface area contributed by atoms with E-state index in [0.29, 0.717) is 22.4 Å². The number of halogens is 2. The Hall–Kier alpha value is -4.51. The number of pyridine rings is 2. The predicted octanol–water partition coefficient (Wildman–Crippen LogP) is 4.73. The van der Waals surface area contributed by atoms with Crippen LogP contribution < -0.4 is 24.3 Å². The Morgan fingerprint density at radius 3 is 2.38 bits per heavy atom. The van der Waals surface area contributed by atoms with E-state index in [1.165, 1.54) is 44.9 Å². The fourth-order valence-electron chi connectivity index (χ4n) is 3.47. The molecule has 2 N–H and O–H groups in total.